The van der Waals surface area contributed by atoms with Crippen LogP contribution in [0, 0.1) is 6.92 Å². The molecule has 0 spiro atoms. The minimum absolute atomic E-state index is 0.509. The standard InChI is InChI=1S/C15H11F3O/c1-10-6-11(9-19)8-13(7-10)12-2-4-14(5-3-12)15(16,17)18/h2-9H,1H3. The highest BCUT2D eigenvalue weighted by Gasteiger charge is 2.29. The van der Waals surface area contributed by atoms with Crippen LogP contribution in [-0.4, -0.2) is 6.29 Å². The summed E-state index contributed by atoms with van der Waals surface area (Å²) in [5.74, 6) is 0. The molecule has 0 amide bonds. The van der Waals surface area contributed by atoms with Gasteiger partial charge in [-0.2, -0.15) is 13.2 Å². The molecule has 0 radical (unpaired) electrons. The zero-order valence-corrected chi connectivity index (χ0v) is 10.2. The predicted octanol–water partition coefficient (Wildman–Crippen LogP) is 4.49. The molecule has 0 aliphatic carbocycles. The van der Waals surface area contributed by atoms with E-state index in [0.29, 0.717) is 11.1 Å². The third-order valence-electron chi connectivity index (χ3n) is 2.78. The van der Waals surface area contributed by atoms with E-state index in [1.165, 1.54) is 12.1 Å². The Balaban J connectivity index is 2.42. The van der Waals surface area contributed by atoms with E-state index in [4.69, 9.17) is 0 Å². The van der Waals surface area contributed by atoms with Crippen molar-refractivity contribution in [2.45, 2.75) is 13.1 Å². The molecule has 4 heteroatoms. The monoisotopic (exact) mass is 264 g/mol. The summed E-state index contributed by atoms with van der Waals surface area (Å²) in [6.45, 7) is 1.83. The summed E-state index contributed by atoms with van der Waals surface area (Å²) < 4.78 is 37.4. The largest absolute Gasteiger partial charge is 0.416 e. The van der Waals surface area contributed by atoms with E-state index in [1.807, 2.05) is 13.0 Å². The Hall–Kier alpha value is -2.10. The summed E-state index contributed by atoms with van der Waals surface area (Å²) in [5, 5.41) is 0. The van der Waals surface area contributed by atoms with Gasteiger partial charge in [0.15, 0.2) is 0 Å². The van der Waals surface area contributed by atoms with Gasteiger partial charge in [0, 0.05) is 5.56 Å². The Morgan fingerprint density at radius 2 is 1.58 bits per heavy atom. The van der Waals surface area contributed by atoms with Crippen molar-refractivity contribution in [3.8, 4) is 11.1 Å². The van der Waals surface area contributed by atoms with E-state index in [9.17, 15) is 18.0 Å². The van der Waals surface area contributed by atoms with Crippen molar-refractivity contribution in [2.24, 2.45) is 0 Å². The van der Waals surface area contributed by atoms with Crippen LogP contribution < -0.4 is 0 Å². The second kappa shape index (κ2) is 4.88. The average molecular weight is 264 g/mol. The van der Waals surface area contributed by atoms with Crippen LogP contribution in [0.5, 0.6) is 0 Å². The topological polar surface area (TPSA) is 17.1 Å². The molecule has 0 bridgehead atoms. The summed E-state index contributed by atoms with van der Waals surface area (Å²) in [5.41, 5.74) is 2.10. The van der Waals surface area contributed by atoms with Gasteiger partial charge in [-0.15, -0.1) is 0 Å². The predicted molar refractivity (Wildman–Crippen MR) is 67.0 cm³/mol. The van der Waals surface area contributed by atoms with Crippen LogP contribution in [0.3, 0.4) is 0 Å². The first-order chi connectivity index (χ1) is 8.90. The van der Waals surface area contributed by atoms with Gasteiger partial charge >= 0.3 is 6.18 Å². The lowest BCUT2D eigenvalue weighted by Crippen LogP contribution is -2.04. The van der Waals surface area contributed by atoms with Gasteiger partial charge in [-0.1, -0.05) is 18.2 Å². The molecule has 2 aromatic carbocycles. The Morgan fingerprint density at radius 1 is 0.947 bits per heavy atom. The average Bonchev–Trinajstić information content (AvgIpc) is 2.37. The molecular formula is C15H11F3O. The molecule has 0 fully saturated rings. The fourth-order valence-electron chi connectivity index (χ4n) is 1.90. The van der Waals surface area contributed by atoms with Gasteiger partial charge in [-0.25, -0.2) is 0 Å². The van der Waals surface area contributed by atoms with Gasteiger partial charge in [-0.3, -0.25) is 4.79 Å². The molecule has 2 aromatic rings. The Bertz CT molecular complexity index is 598. The molecule has 0 aromatic heterocycles. The van der Waals surface area contributed by atoms with E-state index in [-0.39, 0.29) is 0 Å². The zero-order valence-electron chi connectivity index (χ0n) is 10.2. The van der Waals surface area contributed by atoms with Crippen molar-refractivity contribution in [1.82, 2.24) is 0 Å². The molecule has 0 aliphatic rings. The number of benzene rings is 2. The summed E-state index contributed by atoms with van der Waals surface area (Å²) in [6.07, 6.45) is -3.61. The first-order valence-electron chi connectivity index (χ1n) is 5.64. The number of alkyl halides is 3. The van der Waals surface area contributed by atoms with E-state index in [2.05, 4.69) is 0 Å². The molecule has 0 unspecified atom stereocenters. The van der Waals surface area contributed by atoms with Crippen molar-refractivity contribution in [2.75, 3.05) is 0 Å². The molecule has 2 rings (SSSR count). The maximum atomic E-state index is 12.5. The fourth-order valence-corrected chi connectivity index (χ4v) is 1.90. The Morgan fingerprint density at radius 3 is 2.11 bits per heavy atom. The highest BCUT2D eigenvalue weighted by Crippen LogP contribution is 2.31. The zero-order chi connectivity index (χ0) is 14.0. The van der Waals surface area contributed by atoms with E-state index >= 15 is 0 Å². The fraction of sp³-hybridized carbons (Fsp3) is 0.133. The first kappa shape index (κ1) is 13.3. The molecule has 0 saturated heterocycles. The van der Waals surface area contributed by atoms with Crippen molar-refractivity contribution < 1.29 is 18.0 Å². The van der Waals surface area contributed by atoms with E-state index < -0.39 is 11.7 Å². The highest BCUT2D eigenvalue weighted by molar-refractivity contribution is 5.79. The molecule has 19 heavy (non-hydrogen) atoms. The van der Waals surface area contributed by atoms with Gasteiger partial charge in [0.25, 0.3) is 0 Å². The molecule has 0 N–H and O–H groups in total. The first-order valence-corrected chi connectivity index (χ1v) is 5.64. The number of halogens is 3. The normalized spacial score (nSPS) is 11.4. The van der Waals surface area contributed by atoms with Crippen molar-refractivity contribution >= 4 is 6.29 Å². The minimum Gasteiger partial charge on any atom is -0.298 e. The number of rotatable bonds is 2. The number of hydrogen-bond acceptors (Lipinski definition) is 1. The smallest absolute Gasteiger partial charge is 0.298 e. The Kier molecular flexibility index (Phi) is 3.42. The summed E-state index contributed by atoms with van der Waals surface area (Å²) >= 11 is 0. The SMILES string of the molecule is Cc1cc(C=O)cc(-c2ccc(C(F)(F)F)cc2)c1. The molecule has 0 aliphatic heterocycles. The van der Waals surface area contributed by atoms with Gasteiger partial charge in [-0.05, 0) is 47.9 Å². The van der Waals surface area contributed by atoms with Crippen LogP contribution in [0.4, 0.5) is 13.2 Å². The van der Waals surface area contributed by atoms with Crippen LogP contribution in [0.1, 0.15) is 21.5 Å². The van der Waals surface area contributed by atoms with Crippen LogP contribution in [0.2, 0.25) is 0 Å². The number of aryl methyl sites for hydroxylation is 1. The molecule has 0 saturated carbocycles. The van der Waals surface area contributed by atoms with Crippen LogP contribution in [0.25, 0.3) is 11.1 Å². The highest BCUT2D eigenvalue weighted by atomic mass is 19.4. The second-order valence-electron chi connectivity index (χ2n) is 4.33. The molecule has 0 atom stereocenters. The van der Waals surface area contributed by atoms with Crippen LogP contribution >= 0.6 is 0 Å². The Labute approximate surface area is 108 Å². The molecule has 0 heterocycles. The van der Waals surface area contributed by atoms with Crippen molar-refractivity contribution in [1.29, 1.82) is 0 Å². The van der Waals surface area contributed by atoms with Gasteiger partial charge in [0.05, 0.1) is 5.56 Å². The van der Waals surface area contributed by atoms with Crippen molar-refractivity contribution in [3.05, 3.63) is 59.2 Å². The number of hydrogen-bond donors (Lipinski definition) is 0. The lowest BCUT2D eigenvalue weighted by atomic mass is 9.99. The maximum Gasteiger partial charge on any atom is 0.416 e. The summed E-state index contributed by atoms with van der Waals surface area (Å²) in [7, 11) is 0. The van der Waals surface area contributed by atoms with E-state index in [0.717, 1.165) is 29.5 Å². The number of carbonyl (C=O) groups is 1. The van der Waals surface area contributed by atoms with Crippen LogP contribution in [0.15, 0.2) is 42.5 Å². The van der Waals surface area contributed by atoms with Gasteiger partial charge in [0.1, 0.15) is 6.29 Å². The third kappa shape index (κ3) is 3.02. The quantitative estimate of drug-likeness (QED) is 0.730. The lowest BCUT2D eigenvalue weighted by Gasteiger charge is -2.08. The van der Waals surface area contributed by atoms with Gasteiger partial charge in [0.2, 0.25) is 0 Å². The molecular weight excluding hydrogens is 253 g/mol. The van der Waals surface area contributed by atoms with E-state index in [1.54, 1.807) is 12.1 Å². The number of aldehydes is 1. The lowest BCUT2D eigenvalue weighted by molar-refractivity contribution is -0.137. The summed E-state index contributed by atoms with van der Waals surface area (Å²) in [6, 6.07) is 10.1. The third-order valence-corrected chi connectivity index (χ3v) is 2.78. The molecule has 1 nitrogen and oxygen atoms in total. The summed E-state index contributed by atoms with van der Waals surface area (Å²) in [4.78, 5) is 10.8. The minimum atomic E-state index is -4.33. The maximum absolute atomic E-state index is 12.5. The van der Waals surface area contributed by atoms with Crippen molar-refractivity contribution in [3.63, 3.8) is 0 Å². The van der Waals surface area contributed by atoms with Crippen LogP contribution in [-0.2, 0) is 6.18 Å². The second-order valence-corrected chi connectivity index (χ2v) is 4.33. The van der Waals surface area contributed by atoms with Gasteiger partial charge < -0.3 is 0 Å². The number of carbonyl (C=O) groups excluding carboxylic acids is 1. The molecule has 98 valence electrons.